The van der Waals surface area contributed by atoms with E-state index in [0.717, 1.165) is 56.5 Å². The van der Waals surface area contributed by atoms with Crippen LogP contribution in [0.2, 0.25) is 0 Å². The van der Waals surface area contributed by atoms with E-state index >= 15 is 0 Å². The molecule has 5 heteroatoms. The highest BCUT2D eigenvalue weighted by Crippen LogP contribution is 2.27. The van der Waals surface area contributed by atoms with Gasteiger partial charge in [-0.1, -0.05) is 0 Å². The quantitative estimate of drug-likeness (QED) is 0.886. The number of rotatable bonds is 5. The van der Waals surface area contributed by atoms with E-state index in [-0.39, 0.29) is 0 Å². The maximum absolute atomic E-state index is 11.2. The average Bonchev–Trinajstić information content (AvgIpc) is 2.80. The van der Waals surface area contributed by atoms with Crippen LogP contribution in [0.15, 0.2) is 18.2 Å². The van der Waals surface area contributed by atoms with Gasteiger partial charge in [0.2, 0.25) is 0 Å². The van der Waals surface area contributed by atoms with Crippen LogP contribution in [-0.4, -0.2) is 53.3 Å². The predicted molar refractivity (Wildman–Crippen MR) is 92.2 cm³/mol. The number of aromatic nitrogens is 1. The summed E-state index contributed by atoms with van der Waals surface area (Å²) < 4.78 is 2.17. The molecular formula is C18H25N3O2. The number of aromatic carboxylic acids is 1. The van der Waals surface area contributed by atoms with Crippen molar-refractivity contribution in [2.24, 2.45) is 7.05 Å². The predicted octanol–water partition coefficient (Wildman–Crippen LogP) is 2.02. The lowest BCUT2D eigenvalue weighted by atomic mass is 10.0. The van der Waals surface area contributed by atoms with E-state index in [1.165, 1.54) is 11.3 Å². The first kappa shape index (κ1) is 16.0. The minimum Gasteiger partial charge on any atom is -0.478 e. The number of fused-ring (bicyclic) bond motifs is 1. The Hall–Kier alpha value is -1.85. The second-order valence-corrected chi connectivity index (χ2v) is 6.36. The lowest BCUT2D eigenvalue weighted by Crippen LogP contribution is -2.43. The molecule has 0 bridgehead atoms. The van der Waals surface area contributed by atoms with Gasteiger partial charge in [-0.2, -0.15) is 0 Å². The molecule has 0 radical (unpaired) electrons. The number of hydrogen-bond acceptors (Lipinski definition) is 3. The third-order valence-electron chi connectivity index (χ3n) is 4.98. The highest BCUT2D eigenvalue weighted by Gasteiger charge is 2.15. The summed E-state index contributed by atoms with van der Waals surface area (Å²) in [5.74, 6) is -0.861. The zero-order valence-electron chi connectivity index (χ0n) is 13.9. The normalized spacial score (nSPS) is 16.1. The van der Waals surface area contributed by atoms with Gasteiger partial charge in [-0.15, -0.1) is 0 Å². The zero-order valence-corrected chi connectivity index (χ0v) is 13.9. The largest absolute Gasteiger partial charge is 0.478 e. The summed E-state index contributed by atoms with van der Waals surface area (Å²) >= 11 is 0. The van der Waals surface area contributed by atoms with Crippen molar-refractivity contribution in [3.63, 3.8) is 0 Å². The molecule has 0 saturated carbocycles. The molecule has 2 N–H and O–H groups in total. The van der Waals surface area contributed by atoms with Crippen molar-refractivity contribution in [3.8, 4) is 0 Å². The van der Waals surface area contributed by atoms with E-state index in [1.54, 1.807) is 6.07 Å². The minimum absolute atomic E-state index is 0.367. The molecule has 23 heavy (non-hydrogen) atoms. The molecular weight excluding hydrogens is 290 g/mol. The third-order valence-corrected chi connectivity index (χ3v) is 4.98. The van der Waals surface area contributed by atoms with Gasteiger partial charge in [0, 0.05) is 49.8 Å². The molecule has 1 aliphatic heterocycles. The second kappa shape index (κ2) is 6.72. The van der Waals surface area contributed by atoms with E-state index in [1.807, 2.05) is 12.1 Å². The zero-order chi connectivity index (χ0) is 16.4. The summed E-state index contributed by atoms with van der Waals surface area (Å²) in [4.78, 5) is 13.7. The lowest BCUT2D eigenvalue weighted by molar-refractivity contribution is 0.0697. The second-order valence-electron chi connectivity index (χ2n) is 6.36. The van der Waals surface area contributed by atoms with Crippen LogP contribution in [0.4, 0.5) is 0 Å². The lowest BCUT2D eigenvalue weighted by Gasteiger charge is -2.27. The summed E-state index contributed by atoms with van der Waals surface area (Å²) in [5.41, 5.74) is 4.01. The minimum atomic E-state index is -0.861. The smallest absolute Gasteiger partial charge is 0.335 e. The van der Waals surface area contributed by atoms with Crippen molar-refractivity contribution >= 4 is 16.9 Å². The Morgan fingerprint density at radius 3 is 2.74 bits per heavy atom. The fourth-order valence-electron chi connectivity index (χ4n) is 3.51. The molecule has 0 aliphatic carbocycles. The van der Waals surface area contributed by atoms with Gasteiger partial charge in [0.15, 0.2) is 0 Å². The van der Waals surface area contributed by atoms with Gasteiger partial charge < -0.3 is 19.9 Å². The standard InChI is InChI=1S/C18H25N3O2/c1-13-15(4-3-9-21-10-7-19-8-11-21)16-12-14(18(22)23)5-6-17(16)20(13)2/h5-6,12,19H,3-4,7-11H2,1-2H3,(H,22,23). The molecule has 0 amide bonds. The van der Waals surface area contributed by atoms with Crippen molar-refractivity contribution in [1.82, 2.24) is 14.8 Å². The maximum atomic E-state index is 11.2. The topological polar surface area (TPSA) is 57.5 Å². The van der Waals surface area contributed by atoms with Crippen molar-refractivity contribution < 1.29 is 9.90 Å². The molecule has 3 rings (SSSR count). The molecule has 0 atom stereocenters. The summed E-state index contributed by atoms with van der Waals surface area (Å²) in [6.45, 7) is 7.64. The molecule has 1 aliphatic rings. The van der Waals surface area contributed by atoms with Crippen LogP contribution in [0.5, 0.6) is 0 Å². The van der Waals surface area contributed by atoms with Crippen LogP contribution in [0, 0.1) is 6.92 Å². The first-order valence-electron chi connectivity index (χ1n) is 8.32. The van der Waals surface area contributed by atoms with Crippen LogP contribution < -0.4 is 5.32 Å². The molecule has 0 spiro atoms. The summed E-state index contributed by atoms with van der Waals surface area (Å²) in [7, 11) is 2.05. The van der Waals surface area contributed by atoms with Gasteiger partial charge in [-0.25, -0.2) is 4.79 Å². The molecule has 0 unspecified atom stereocenters. The Morgan fingerprint density at radius 1 is 1.30 bits per heavy atom. The van der Waals surface area contributed by atoms with Crippen LogP contribution in [0.1, 0.15) is 28.0 Å². The van der Waals surface area contributed by atoms with Gasteiger partial charge in [0.25, 0.3) is 0 Å². The number of carboxylic acids is 1. The Balaban J connectivity index is 1.79. The first-order valence-corrected chi connectivity index (χ1v) is 8.32. The SMILES string of the molecule is Cc1c(CCCN2CCNCC2)c2cc(C(=O)O)ccc2n1C. The Labute approximate surface area is 136 Å². The Kier molecular flexibility index (Phi) is 4.68. The van der Waals surface area contributed by atoms with Crippen molar-refractivity contribution in [2.45, 2.75) is 19.8 Å². The molecule has 2 aromatic rings. The number of carboxylic acid groups (broad SMARTS) is 1. The monoisotopic (exact) mass is 315 g/mol. The number of benzene rings is 1. The highest BCUT2D eigenvalue weighted by atomic mass is 16.4. The van der Waals surface area contributed by atoms with Crippen LogP contribution in [0.25, 0.3) is 10.9 Å². The Morgan fingerprint density at radius 2 is 2.04 bits per heavy atom. The van der Waals surface area contributed by atoms with Gasteiger partial charge in [0.1, 0.15) is 0 Å². The van der Waals surface area contributed by atoms with Gasteiger partial charge in [-0.3, -0.25) is 0 Å². The number of aryl methyl sites for hydroxylation is 2. The van der Waals surface area contributed by atoms with Gasteiger partial charge in [0.05, 0.1) is 5.56 Å². The number of carbonyl (C=O) groups is 1. The fourth-order valence-corrected chi connectivity index (χ4v) is 3.51. The molecule has 124 valence electrons. The van der Waals surface area contributed by atoms with Crippen LogP contribution >= 0.6 is 0 Å². The summed E-state index contributed by atoms with van der Waals surface area (Å²) in [5, 5.41) is 13.7. The Bertz CT molecular complexity index is 715. The molecule has 1 saturated heterocycles. The molecule has 2 heterocycles. The molecule has 1 aromatic carbocycles. The van der Waals surface area contributed by atoms with E-state index in [0.29, 0.717) is 5.56 Å². The van der Waals surface area contributed by atoms with Gasteiger partial charge in [-0.05, 0) is 50.1 Å². The fraction of sp³-hybridized carbons (Fsp3) is 0.500. The molecule has 5 nitrogen and oxygen atoms in total. The molecule has 1 fully saturated rings. The van der Waals surface area contributed by atoms with Crippen molar-refractivity contribution in [3.05, 3.63) is 35.0 Å². The van der Waals surface area contributed by atoms with E-state index in [2.05, 4.69) is 28.8 Å². The third kappa shape index (κ3) is 3.26. The average molecular weight is 315 g/mol. The van der Waals surface area contributed by atoms with Gasteiger partial charge >= 0.3 is 5.97 Å². The number of nitrogens with one attached hydrogen (secondary N) is 1. The molecule has 1 aromatic heterocycles. The summed E-state index contributed by atoms with van der Waals surface area (Å²) in [6.07, 6.45) is 2.10. The summed E-state index contributed by atoms with van der Waals surface area (Å²) in [6, 6.07) is 5.44. The van der Waals surface area contributed by atoms with Crippen LogP contribution in [0.3, 0.4) is 0 Å². The van der Waals surface area contributed by atoms with Crippen molar-refractivity contribution in [1.29, 1.82) is 0 Å². The number of piperazine rings is 1. The van der Waals surface area contributed by atoms with E-state index in [9.17, 15) is 9.90 Å². The van der Waals surface area contributed by atoms with Crippen molar-refractivity contribution in [2.75, 3.05) is 32.7 Å². The van der Waals surface area contributed by atoms with Crippen LogP contribution in [-0.2, 0) is 13.5 Å². The van der Waals surface area contributed by atoms with E-state index < -0.39 is 5.97 Å². The number of hydrogen-bond donors (Lipinski definition) is 2. The first-order chi connectivity index (χ1) is 11.1. The maximum Gasteiger partial charge on any atom is 0.335 e. The highest BCUT2D eigenvalue weighted by molar-refractivity contribution is 5.95. The number of nitrogens with zero attached hydrogens (tertiary/aromatic N) is 2. The van der Waals surface area contributed by atoms with E-state index in [4.69, 9.17) is 0 Å².